The third kappa shape index (κ3) is 4.53. The van der Waals surface area contributed by atoms with E-state index in [0.29, 0.717) is 23.5 Å². The Hall–Kier alpha value is -2.80. The molecule has 0 amide bonds. The van der Waals surface area contributed by atoms with Gasteiger partial charge in [0.2, 0.25) is 0 Å². The second-order valence-corrected chi connectivity index (χ2v) is 8.89. The summed E-state index contributed by atoms with van der Waals surface area (Å²) >= 11 is 0. The lowest BCUT2D eigenvalue weighted by Gasteiger charge is -2.15. The number of rotatable bonds is 4. The third-order valence-electron chi connectivity index (χ3n) is 4.86. The molecule has 0 saturated carbocycles. The Morgan fingerprint density at radius 2 is 1.66 bits per heavy atom. The first-order valence-corrected chi connectivity index (χ1v) is 10.7. The van der Waals surface area contributed by atoms with Gasteiger partial charge in [-0.1, -0.05) is 0 Å². The number of fused-ring (bicyclic) bond motifs is 1. The van der Waals surface area contributed by atoms with E-state index in [0.717, 1.165) is 12.8 Å². The zero-order valence-corrected chi connectivity index (χ0v) is 16.8. The van der Waals surface area contributed by atoms with Crippen LogP contribution >= 0.6 is 0 Å². The topological polar surface area (TPSA) is 84.1 Å². The number of sulfonamides is 1. The smallest absolute Gasteiger partial charge is 0.370 e. The summed E-state index contributed by atoms with van der Waals surface area (Å²) < 4.78 is 111. The van der Waals surface area contributed by atoms with Crippen LogP contribution in [0.3, 0.4) is 0 Å². The van der Waals surface area contributed by atoms with Crippen molar-refractivity contribution in [2.75, 3.05) is 11.3 Å². The van der Waals surface area contributed by atoms with Gasteiger partial charge < -0.3 is 9.72 Å². The molecule has 1 aliphatic rings. The lowest BCUT2D eigenvalue weighted by Crippen LogP contribution is -2.17. The Labute approximate surface area is 177 Å². The maximum atomic E-state index is 13.1. The van der Waals surface area contributed by atoms with Gasteiger partial charge in [-0.15, -0.1) is 0 Å². The number of nitrogens with zero attached hydrogens (tertiary/aromatic N) is 1. The summed E-state index contributed by atoms with van der Waals surface area (Å²) in [5, 5.41) is 0. The Morgan fingerprint density at radius 1 is 1.00 bits per heavy atom. The largest absolute Gasteiger partial charge is 0.416 e. The molecule has 2 N–H and O–H groups in total. The number of H-pyrrole nitrogens is 1. The van der Waals surface area contributed by atoms with Gasteiger partial charge in [-0.25, -0.2) is 13.4 Å². The fourth-order valence-electron chi connectivity index (χ4n) is 3.33. The number of hydrogen-bond donors (Lipinski definition) is 2. The lowest BCUT2D eigenvalue weighted by molar-refractivity contribution is -0.143. The van der Waals surface area contributed by atoms with Crippen molar-refractivity contribution in [1.82, 2.24) is 9.97 Å². The normalized spacial score (nSPS) is 17.8. The minimum absolute atomic E-state index is 0.0639. The summed E-state index contributed by atoms with van der Waals surface area (Å²) in [6.45, 7) is 0.587. The molecule has 6 nitrogen and oxygen atoms in total. The van der Waals surface area contributed by atoms with Gasteiger partial charge in [-0.05, 0) is 49.2 Å². The van der Waals surface area contributed by atoms with Crippen LogP contribution in [0.25, 0.3) is 11.0 Å². The van der Waals surface area contributed by atoms with Crippen LogP contribution in [-0.4, -0.2) is 25.0 Å². The van der Waals surface area contributed by atoms with Crippen molar-refractivity contribution in [3.63, 3.8) is 0 Å². The van der Waals surface area contributed by atoms with Crippen LogP contribution in [0.1, 0.15) is 35.9 Å². The Bertz CT molecular complexity index is 1230. The van der Waals surface area contributed by atoms with Crippen LogP contribution in [0, 0.1) is 0 Å². The van der Waals surface area contributed by atoms with Crippen molar-refractivity contribution >= 4 is 26.7 Å². The quantitative estimate of drug-likeness (QED) is 0.501. The molecular formula is C19H15F6N3O3S. The first-order chi connectivity index (χ1) is 14.8. The maximum absolute atomic E-state index is 13.1. The highest BCUT2D eigenvalue weighted by Crippen LogP contribution is 2.37. The number of aromatic amines is 1. The summed E-state index contributed by atoms with van der Waals surface area (Å²) in [5.74, 6) is 0.546. The molecule has 1 unspecified atom stereocenters. The number of anilines is 1. The molecule has 1 saturated heterocycles. The van der Waals surface area contributed by atoms with Gasteiger partial charge in [-0.2, -0.15) is 26.3 Å². The first kappa shape index (κ1) is 22.4. The fourth-order valence-corrected chi connectivity index (χ4v) is 4.45. The second kappa shape index (κ2) is 7.66. The van der Waals surface area contributed by atoms with E-state index in [1.54, 1.807) is 0 Å². The second-order valence-electron chi connectivity index (χ2n) is 7.20. The summed E-state index contributed by atoms with van der Waals surface area (Å²) in [6.07, 6.45) is -8.94. The highest BCUT2D eigenvalue weighted by Gasteiger charge is 2.38. The van der Waals surface area contributed by atoms with E-state index in [-0.39, 0.29) is 30.0 Å². The molecule has 1 atom stereocenters. The van der Waals surface area contributed by atoms with Crippen molar-refractivity contribution in [3.05, 3.63) is 53.3 Å². The molecule has 13 heteroatoms. The monoisotopic (exact) mass is 479 g/mol. The van der Waals surface area contributed by atoms with E-state index >= 15 is 0 Å². The minimum Gasteiger partial charge on any atom is -0.370 e. The fraction of sp³-hybridized carbons (Fsp3) is 0.316. The van der Waals surface area contributed by atoms with Crippen molar-refractivity contribution in [1.29, 1.82) is 0 Å². The molecule has 0 aliphatic carbocycles. The van der Waals surface area contributed by atoms with Crippen LogP contribution in [-0.2, 0) is 27.1 Å². The molecule has 4 rings (SSSR count). The molecule has 2 heterocycles. The van der Waals surface area contributed by atoms with Gasteiger partial charge in [0.1, 0.15) is 11.9 Å². The zero-order valence-electron chi connectivity index (χ0n) is 16.0. The van der Waals surface area contributed by atoms with E-state index in [1.807, 2.05) is 4.72 Å². The molecule has 0 spiro atoms. The van der Waals surface area contributed by atoms with Gasteiger partial charge >= 0.3 is 12.4 Å². The molecular weight excluding hydrogens is 464 g/mol. The average Bonchev–Trinajstić information content (AvgIpc) is 3.35. The Morgan fingerprint density at radius 3 is 2.22 bits per heavy atom. The number of ether oxygens (including phenoxy) is 1. The van der Waals surface area contributed by atoms with E-state index in [9.17, 15) is 34.8 Å². The van der Waals surface area contributed by atoms with Crippen LogP contribution < -0.4 is 4.72 Å². The summed E-state index contributed by atoms with van der Waals surface area (Å²) in [7, 11) is -4.77. The molecule has 3 aromatic rings. The Balaban J connectivity index is 1.68. The molecule has 1 aromatic heterocycles. The van der Waals surface area contributed by atoms with Crippen LogP contribution in [0.5, 0.6) is 0 Å². The molecule has 0 radical (unpaired) electrons. The summed E-state index contributed by atoms with van der Waals surface area (Å²) in [6, 6.07) is 4.29. The summed E-state index contributed by atoms with van der Waals surface area (Å²) in [4.78, 5) is 6.19. The van der Waals surface area contributed by atoms with Crippen molar-refractivity contribution in [3.8, 4) is 0 Å². The van der Waals surface area contributed by atoms with Gasteiger partial charge in [0, 0.05) is 6.61 Å². The van der Waals surface area contributed by atoms with Gasteiger partial charge in [0.25, 0.3) is 10.0 Å². The Kier molecular flexibility index (Phi) is 5.36. The SMILES string of the molecule is O=S(=O)(Nc1ccc2nc(C3CCCO3)[nH]c2c1)c1cc(C(F)(F)F)cc(C(F)(F)F)c1. The van der Waals surface area contributed by atoms with Crippen molar-refractivity contribution < 1.29 is 39.5 Å². The van der Waals surface area contributed by atoms with Crippen LogP contribution in [0.2, 0.25) is 0 Å². The zero-order chi connectivity index (χ0) is 23.3. The van der Waals surface area contributed by atoms with E-state index in [2.05, 4.69) is 9.97 Å². The van der Waals surface area contributed by atoms with Crippen LogP contribution in [0.15, 0.2) is 41.3 Å². The third-order valence-corrected chi connectivity index (χ3v) is 6.22. The molecule has 32 heavy (non-hydrogen) atoms. The van der Waals surface area contributed by atoms with Gasteiger partial charge in [0.05, 0.1) is 32.7 Å². The number of hydrogen-bond acceptors (Lipinski definition) is 4. The molecule has 1 aliphatic heterocycles. The summed E-state index contributed by atoms with van der Waals surface area (Å²) in [5.41, 5.74) is -2.59. The molecule has 0 bridgehead atoms. The highest BCUT2D eigenvalue weighted by atomic mass is 32.2. The minimum atomic E-state index is -5.17. The van der Waals surface area contributed by atoms with Gasteiger partial charge in [0.15, 0.2) is 0 Å². The van der Waals surface area contributed by atoms with E-state index in [1.165, 1.54) is 18.2 Å². The van der Waals surface area contributed by atoms with E-state index < -0.39 is 38.4 Å². The lowest BCUT2D eigenvalue weighted by atomic mass is 10.1. The molecule has 2 aromatic carbocycles. The number of alkyl halides is 6. The standard InChI is InChI=1S/C19H15F6N3O3S/c20-18(21,22)10-6-11(19(23,24)25)8-13(7-10)32(29,30)28-12-3-4-14-15(9-12)27-17(26-14)16-2-1-5-31-16/h3-4,6-9,16,28H,1-2,5H2,(H,26,27). The average molecular weight is 479 g/mol. The van der Waals surface area contributed by atoms with E-state index in [4.69, 9.17) is 4.74 Å². The van der Waals surface area contributed by atoms with Gasteiger partial charge in [-0.3, -0.25) is 4.72 Å². The number of imidazole rings is 1. The molecule has 172 valence electrons. The van der Waals surface area contributed by atoms with Crippen molar-refractivity contribution in [2.24, 2.45) is 0 Å². The highest BCUT2D eigenvalue weighted by molar-refractivity contribution is 7.92. The maximum Gasteiger partial charge on any atom is 0.416 e. The first-order valence-electron chi connectivity index (χ1n) is 9.26. The van der Waals surface area contributed by atoms with Crippen molar-refractivity contribution in [2.45, 2.75) is 36.2 Å². The predicted molar refractivity (Wildman–Crippen MR) is 101 cm³/mol. The number of benzene rings is 2. The molecule has 1 fully saturated rings. The number of aromatic nitrogens is 2. The van der Waals surface area contributed by atoms with Crippen LogP contribution in [0.4, 0.5) is 32.0 Å². The number of nitrogens with one attached hydrogen (secondary N) is 2. The number of halogens is 6. The predicted octanol–water partition coefficient (Wildman–Crippen LogP) is 5.25.